The van der Waals surface area contributed by atoms with E-state index in [1.807, 2.05) is 0 Å². The van der Waals surface area contributed by atoms with Gasteiger partial charge in [0.1, 0.15) is 17.0 Å². The van der Waals surface area contributed by atoms with Crippen LogP contribution >= 0.6 is 0 Å². The van der Waals surface area contributed by atoms with Crippen molar-refractivity contribution < 1.29 is 13.6 Å². The van der Waals surface area contributed by atoms with E-state index in [2.05, 4.69) is 20.4 Å². The second kappa shape index (κ2) is 8.12. The summed E-state index contributed by atoms with van der Waals surface area (Å²) in [6.07, 6.45) is 2.67. The predicted molar refractivity (Wildman–Crippen MR) is 119 cm³/mol. The third-order valence-electron chi connectivity index (χ3n) is 5.13. The molecule has 2 N–H and O–H groups in total. The molecule has 0 saturated heterocycles. The van der Waals surface area contributed by atoms with Crippen LogP contribution in [0.25, 0.3) is 27.8 Å². The molecule has 162 valence electrons. The van der Waals surface area contributed by atoms with Gasteiger partial charge in [-0.1, -0.05) is 30.3 Å². The quantitative estimate of drug-likeness (QED) is 0.433. The molecule has 3 aromatic carbocycles. The Morgan fingerprint density at radius 1 is 0.970 bits per heavy atom. The number of carbonyl (C=O) groups is 1. The van der Waals surface area contributed by atoms with Crippen molar-refractivity contribution in [2.75, 3.05) is 5.32 Å². The first-order valence-corrected chi connectivity index (χ1v) is 9.89. The van der Waals surface area contributed by atoms with E-state index in [0.29, 0.717) is 22.4 Å². The molecule has 0 bridgehead atoms. The second-order valence-corrected chi connectivity index (χ2v) is 7.17. The van der Waals surface area contributed by atoms with Crippen LogP contribution in [0.5, 0.6) is 0 Å². The molecule has 5 aromatic rings. The van der Waals surface area contributed by atoms with Gasteiger partial charge in [0.15, 0.2) is 5.65 Å². The fourth-order valence-corrected chi connectivity index (χ4v) is 3.58. The van der Waals surface area contributed by atoms with Crippen molar-refractivity contribution in [3.63, 3.8) is 0 Å². The summed E-state index contributed by atoms with van der Waals surface area (Å²) in [6.45, 7) is 0. The molecule has 9 heteroatoms. The van der Waals surface area contributed by atoms with Gasteiger partial charge in [-0.2, -0.15) is 5.10 Å². The Bertz CT molecular complexity index is 1550. The normalized spacial score (nSPS) is 11.0. The smallest absolute Gasteiger partial charge is 0.261 e. The summed E-state index contributed by atoms with van der Waals surface area (Å²) in [7, 11) is 0. The number of hydrogen-bond donors (Lipinski definition) is 2. The van der Waals surface area contributed by atoms with E-state index in [0.717, 1.165) is 12.1 Å². The lowest BCUT2D eigenvalue weighted by atomic mass is 10.0. The number of H-pyrrole nitrogens is 1. The zero-order valence-corrected chi connectivity index (χ0v) is 16.9. The number of aromatic nitrogens is 4. The van der Waals surface area contributed by atoms with Crippen molar-refractivity contribution >= 4 is 22.6 Å². The van der Waals surface area contributed by atoms with E-state index in [1.165, 1.54) is 35.4 Å². The Morgan fingerprint density at radius 3 is 2.55 bits per heavy atom. The molecule has 0 fully saturated rings. The van der Waals surface area contributed by atoms with Gasteiger partial charge >= 0.3 is 0 Å². The number of halogens is 2. The molecule has 2 heterocycles. The number of benzene rings is 3. The highest BCUT2D eigenvalue weighted by atomic mass is 19.1. The minimum Gasteiger partial charge on any atom is -0.320 e. The maximum absolute atomic E-state index is 14.2. The minimum atomic E-state index is -0.717. The maximum Gasteiger partial charge on any atom is 0.261 e. The van der Waals surface area contributed by atoms with E-state index in [-0.39, 0.29) is 22.2 Å². The van der Waals surface area contributed by atoms with Gasteiger partial charge < -0.3 is 10.3 Å². The van der Waals surface area contributed by atoms with Gasteiger partial charge in [0.25, 0.3) is 11.5 Å². The molecule has 0 saturated carbocycles. The number of hydrogen-bond acceptors (Lipinski definition) is 4. The lowest BCUT2D eigenvalue weighted by molar-refractivity contribution is 0.102. The van der Waals surface area contributed by atoms with Gasteiger partial charge in [-0.05, 0) is 42.0 Å². The molecule has 0 aliphatic rings. The lowest BCUT2D eigenvalue weighted by Crippen LogP contribution is -2.14. The Balaban J connectivity index is 1.51. The summed E-state index contributed by atoms with van der Waals surface area (Å²) >= 11 is 0. The molecule has 0 radical (unpaired) electrons. The van der Waals surface area contributed by atoms with Crippen molar-refractivity contribution in [3.8, 4) is 16.8 Å². The van der Waals surface area contributed by atoms with Gasteiger partial charge in [-0.15, -0.1) is 0 Å². The van der Waals surface area contributed by atoms with Crippen LogP contribution in [0, 0.1) is 11.6 Å². The summed E-state index contributed by atoms with van der Waals surface area (Å²) in [6, 6.07) is 16.5. The number of nitrogens with one attached hydrogen (secondary N) is 2. The van der Waals surface area contributed by atoms with Crippen LogP contribution in [0.15, 0.2) is 84.0 Å². The molecule has 0 atom stereocenters. The summed E-state index contributed by atoms with van der Waals surface area (Å²) in [5.41, 5.74) is 1.17. The van der Waals surface area contributed by atoms with E-state index in [1.54, 1.807) is 36.4 Å². The largest absolute Gasteiger partial charge is 0.320 e. The van der Waals surface area contributed by atoms with Crippen molar-refractivity contribution in [1.82, 2.24) is 19.7 Å². The standard InChI is InChI=1S/C24H15F2N5O2/c25-17-7-4-8-18(26)21(17)14-5-3-6-15(11-14)23(32)30-19-9-1-2-10-20(19)31-22-16(12-29-31)24(33)28-13-27-22/h1-13H,(H,30,32)(H,27,28,33). The third-order valence-corrected chi connectivity index (χ3v) is 5.13. The van der Waals surface area contributed by atoms with Crippen LogP contribution in [0.3, 0.4) is 0 Å². The van der Waals surface area contributed by atoms with Gasteiger partial charge in [0.2, 0.25) is 0 Å². The molecular weight excluding hydrogens is 428 g/mol. The first-order chi connectivity index (χ1) is 16.0. The maximum atomic E-state index is 14.2. The minimum absolute atomic E-state index is 0.202. The van der Waals surface area contributed by atoms with E-state index < -0.39 is 17.5 Å². The Labute approximate surface area is 185 Å². The first kappa shape index (κ1) is 20.3. The molecule has 2 aromatic heterocycles. The molecule has 7 nitrogen and oxygen atoms in total. The third kappa shape index (κ3) is 3.65. The number of para-hydroxylation sites is 2. The molecule has 0 unspecified atom stereocenters. The molecular formula is C24H15F2N5O2. The Morgan fingerprint density at radius 2 is 1.73 bits per heavy atom. The van der Waals surface area contributed by atoms with Crippen LogP contribution in [-0.2, 0) is 0 Å². The molecule has 0 spiro atoms. The zero-order valence-electron chi connectivity index (χ0n) is 16.9. The fraction of sp³-hybridized carbons (Fsp3) is 0. The second-order valence-electron chi connectivity index (χ2n) is 7.17. The number of rotatable bonds is 4. The highest BCUT2D eigenvalue weighted by Crippen LogP contribution is 2.27. The van der Waals surface area contributed by atoms with Crippen molar-refractivity contribution in [2.45, 2.75) is 0 Å². The zero-order chi connectivity index (χ0) is 22.9. The summed E-state index contributed by atoms with van der Waals surface area (Å²) in [5, 5.41) is 7.35. The number of carbonyl (C=O) groups excluding carboxylic acids is 1. The Hall–Kier alpha value is -4.66. The molecule has 33 heavy (non-hydrogen) atoms. The average Bonchev–Trinajstić information content (AvgIpc) is 3.25. The van der Waals surface area contributed by atoms with E-state index in [4.69, 9.17) is 0 Å². The summed E-state index contributed by atoms with van der Waals surface area (Å²) in [4.78, 5) is 31.7. The number of aromatic amines is 1. The molecule has 0 aliphatic carbocycles. The number of fused-ring (bicyclic) bond motifs is 1. The van der Waals surface area contributed by atoms with Crippen LogP contribution in [-0.4, -0.2) is 25.7 Å². The van der Waals surface area contributed by atoms with Crippen molar-refractivity contribution in [2.24, 2.45) is 0 Å². The fourth-order valence-electron chi connectivity index (χ4n) is 3.58. The lowest BCUT2D eigenvalue weighted by Gasteiger charge is -2.12. The van der Waals surface area contributed by atoms with Crippen LogP contribution in [0.4, 0.5) is 14.5 Å². The molecule has 5 rings (SSSR count). The molecule has 1 amide bonds. The SMILES string of the molecule is O=C(Nc1ccccc1-n1ncc2c(=O)[nH]cnc21)c1cccc(-c2c(F)cccc2F)c1. The molecule has 0 aliphatic heterocycles. The van der Waals surface area contributed by atoms with Crippen LogP contribution < -0.4 is 10.9 Å². The average molecular weight is 443 g/mol. The number of amides is 1. The number of anilines is 1. The van der Waals surface area contributed by atoms with E-state index in [9.17, 15) is 18.4 Å². The van der Waals surface area contributed by atoms with Gasteiger partial charge in [0, 0.05) is 5.56 Å². The topological polar surface area (TPSA) is 92.7 Å². The van der Waals surface area contributed by atoms with Crippen LogP contribution in [0.1, 0.15) is 10.4 Å². The van der Waals surface area contributed by atoms with Gasteiger partial charge in [-0.3, -0.25) is 9.59 Å². The van der Waals surface area contributed by atoms with Crippen molar-refractivity contribution in [3.05, 3.63) is 107 Å². The van der Waals surface area contributed by atoms with Crippen molar-refractivity contribution in [1.29, 1.82) is 0 Å². The summed E-state index contributed by atoms with van der Waals surface area (Å²) in [5.74, 6) is -1.92. The Kier molecular flexibility index (Phi) is 4.98. The predicted octanol–water partition coefficient (Wildman–Crippen LogP) is 4.31. The summed E-state index contributed by atoms with van der Waals surface area (Å²) < 4.78 is 29.9. The highest BCUT2D eigenvalue weighted by molar-refractivity contribution is 6.06. The van der Waals surface area contributed by atoms with Gasteiger partial charge in [0.05, 0.1) is 29.5 Å². The highest BCUT2D eigenvalue weighted by Gasteiger charge is 2.16. The monoisotopic (exact) mass is 443 g/mol. The number of nitrogens with zero attached hydrogens (tertiary/aromatic N) is 3. The first-order valence-electron chi connectivity index (χ1n) is 9.89. The van der Waals surface area contributed by atoms with Crippen LogP contribution in [0.2, 0.25) is 0 Å². The van der Waals surface area contributed by atoms with Gasteiger partial charge in [-0.25, -0.2) is 18.4 Å². The van der Waals surface area contributed by atoms with E-state index >= 15 is 0 Å².